The van der Waals surface area contributed by atoms with E-state index >= 15 is 4.39 Å². The SMILES string of the molecule is CC(C)n1c([C@H]2CCN(S(C)(=O)=O)C2)nc2c(F)cc(-c3nc(N[C@@H]4CCOC[C@H]4O)ncc3Cl)cc21. The summed E-state index contributed by atoms with van der Waals surface area (Å²) >= 11 is 6.45. The largest absolute Gasteiger partial charge is 0.389 e. The summed E-state index contributed by atoms with van der Waals surface area (Å²) in [5.41, 5.74) is 1.62. The number of halogens is 2. The first kappa shape index (κ1) is 26.2. The molecule has 2 N–H and O–H groups in total. The van der Waals surface area contributed by atoms with Gasteiger partial charge in [-0.05, 0) is 38.8 Å². The molecule has 1 aromatic carbocycles. The smallest absolute Gasteiger partial charge is 0.223 e. The van der Waals surface area contributed by atoms with Crippen LogP contribution in [0.4, 0.5) is 10.3 Å². The van der Waals surface area contributed by atoms with Crippen molar-refractivity contribution in [2.75, 3.05) is 37.9 Å². The molecular weight excluding hydrogens is 523 g/mol. The molecule has 37 heavy (non-hydrogen) atoms. The summed E-state index contributed by atoms with van der Waals surface area (Å²) in [6.07, 6.45) is 3.16. The van der Waals surface area contributed by atoms with Crippen molar-refractivity contribution in [2.45, 2.75) is 50.8 Å². The minimum atomic E-state index is -3.32. The molecule has 0 radical (unpaired) electrons. The number of sulfonamides is 1. The predicted molar refractivity (Wildman–Crippen MR) is 139 cm³/mol. The molecule has 2 saturated heterocycles. The van der Waals surface area contributed by atoms with Crippen molar-refractivity contribution < 1.29 is 22.7 Å². The number of imidazole rings is 1. The molecule has 2 aromatic heterocycles. The van der Waals surface area contributed by atoms with Crippen LogP contribution >= 0.6 is 11.6 Å². The van der Waals surface area contributed by atoms with Gasteiger partial charge in [-0.15, -0.1) is 0 Å². The lowest BCUT2D eigenvalue weighted by Gasteiger charge is -2.28. The molecule has 5 rings (SSSR count). The maximum atomic E-state index is 15.5. The molecule has 10 nitrogen and oxygen atoms in total. The van der Waals surface area contributed by atoms with Crippen LogP contribution in [-0.2, 0) is 14.8 Å². The highest BCUT2D eigenvalue weighted by atomic mass is 35.5. The molecule has 2 aliphatic rings. The van der Waals surface area contributed by atoms with Crippen LogP contribution in [0.15, 0.2) is 18.3 Å². The van der Waals surface area contributed by atoms with Gasteiger partial charge in [0.2, 0.25) is 16.0 Å². The van der Waals surface area contributed by atoms with E-state index in [0.717, 1.165) is 0 Å². The molecule has 3 atom stereocenters. The summed E-state index contributed by atoms with van der Waals surface area (Å²) in [6.45, 7) is 5.43. The number of anilines is 1. The highest BCUT2D eigenvalue weighted by Crippen LogP contribution is 2.36. The molecule has 0 aliphatic carbocycles. The van der Waals surface area contributed by atoms with Crippen LogP contribution in [-0.4, -0.2) is 82.1 Å². The Kier molecular flexibility index (Phi) is 7.14. The molecule has 0 unspecified atom stereocenters. The number of hydrogen-bond acceptors (Lipinski definition) is 8. The van der Waals surface area contributed by atoms with Crippen LogP contribution in [0.1, 0.15) is 44.5 Å². The molecule has 0 bridgehead atoms. The van der Waals surface area contributed by atoms with Gasteiger partial charge >= 0.3 is 0 Å². The minimum Gasteiger partial charge on any atom is -0.389 e. The first-order valence-electron chi connectivity index (χ1n) is 12.2. The Hall–Kier alpha value is -2.38. The molecule has 0 spiro atoms. The van der Waals surface area contributed by atoms with Gasteiger partial charge in [0.25, 0.3) is 0 Å². The highest BCUT2D eigenvalue weighted by Gasteiger charge is 2.34. The summed E-state index contributed by atoms with van der Waals surface area (Å²) in [7, 11) is -3.32. The molecule has 0 saturated carbocycles. The van der Waals surface area contributed by atoms with E-state index in [0.29, 0.717) is 55.1 Å². The Morgan fingerprint density at radius 1 is 1.27 bits per heavy atom. The van der Waals surface area contributed by atoms with Crippen molar-refractivity contribution in [3.05, 3.63) is 35.0 Å². The molecule has 4 heterocycles. The Morgan fingerprint density at radius 3 is 2.73 bits per heavy atom. The van der Waals surface area contributed by atoms with E-state index < -0.39 is 21.9 Å². The third-order valence-corrected chi connectivity index (χ3v) is 8.48. The van der Waals surface area contributed by atoms with Gasteiger partial charge in [0.15, 0.2) is 5.82 Å². The normalized spacial score (nSPS) is 23.3. The number of fused-ring (bicyclic) bond motifs is 1. The van der Waals surface area contributed by atoms with E-state index in [1.54, 1.807) is 6.07 Å². The number of aliphatic hydroxyl groups is 1. The number of aromatic nitrogens is 4. The van der Waals surface area contributed by atoms with E-state index in [9.17, 15) is 13.5 Å². The quantitative estimate of drug-likeness (QED) is 0.478. The summed E-state index contributed by atoms with van der Waals surface area (Å²) in [5.74, 6) is 0.277. The fraction of sp³-hybridized carbons (Fsp3) is 0.542. The lowest BCUT2D eigenvalue weighted by Crippen LogP contribution is -2.42. The number of nitrogens with zero attached hydrogens (tertiary/aromatic N) is 5. The van der Waals surface area contributed by atoms with Gasteiger partial charge in [-0.3, -0.25) is 0 Å². The van der Waals surface area contributed by atoms with Gasteiger partial charge in [-0.1, -0.05) is 11.6 Å². The maximum absolute atomic E-state index is 15.5. The Bertz CT molecular complexity index is 1430. The van der Waals surface area contributed by atoms with Crippen molar-refractivity contribution >= 4 is 38.6 Å². The second-order valence-electron chi connectivity index (χ2n) is 9.94. The van der Waals surface area contributed by atoms with Gasteiger partial charge in [0, 0.05) is 37.2 Å². The van der Waals surface area contributed by atoms with Crippen LogP contribution in [0.5, 0.6) is 0 Å². The van der Waals surface area contributed by atoms with Crippen LogP contribution in [0.25, 0.3) is 22.3 Å². The Morgan fingerprint density at radius 2 is 2.05 bits per heavy atom. The van der Waals surface area contributed by atoms with Crippen LogP contribution in [0.3, 0.4) is 0 Å². The topological polar surface area (TPSA) is 122 Å². The number of ether oxygens (including phenoxy) is 1. The van der Waals surface area contributed by atoms with Crippen LogP contribution in [0.2, 0.25) is 5.02 Å². The third-order valence-electron chi connectivity index (χ3n) is 6.94. The summed E-state index contributed by atoms with van der Waals surface area (Å²) in [6, 6.07) is 2.84. The van der Waals surface area contributed by atoms with Gasteiger partial charge in [0.05, 0.1) is 47.4 Å². The molecular formula is C24H30ClFN6O4S. The molecule has 13 heteroatoms. The van der Waals surface area contributed by atoms with Gasteiger partial charge < -0.3 is 19.7 Å². The highest BCUT2D eigenvalue weighted by molar-refractivity contribution is 7.88. The zero-order chi connectivity index (χ0) is 26.5. The van der Waals surface area contributed by atoms with Gasteiger partial charge in [-0.2, -0.15) is 0 Å². The summed E-state index contributed by atoms with van der Waals surface area (Å²) in [4.78, 5) is 13.4. The Labute approximate surface area is 219 Å². The number of rotatable bonds is 6. The fourth-order valence-electron chi connectivity index (χ4n) is 5.07. The van der Waals surface area contributed by atoms with Crippen molar-refractivity contribution in [1.29, 1.82) is 0 Å². The standard InChI is InChI=1S/C24H30ClFN6O4S/c1-13(2)32-19-9-15(21-16(25)10-27-24(30-21)28-18-5-7-36-12-20(18)33)8-17(26)22(19)29-23(32)14-4-6-31(11-14)37(3,34)35/h8-10,13-14,18,20,33H,4-7,11-12H2,1-3H3,(H,27,28,30)/t14-,18+,20+/m0/s1. The van der Waals surface area contributed by atoms with Crippen molar-refractivity contribution in [1.82, 2.24) is 23.8 Å². The lowest BCUT2D eigenvalue weighted by atomic mass is 10.1. The number of benzene rings is 1. The van der Waals surface area contributed by atoms with Crippen LogP contribution < -0.4 is 5.32 Å². The predicted octanol–water partition coefficient (Wildman–Crippen LogP) is 3.18. The maximum Gasteiger partial charge on any atom is 0.223 e. The number of hydrogen-bond donors (Lipinski definition) is 2. The number of nitrogens with one attached hydrogen (secondary N) is 1. The number of aliphatic hydroxyl groups excluding tert-OH is 1. The van der Waals surface area contributed by atoms with Crippen molar-refractivity contribution in [2.24, 2.45) is 0 Å². The molecule has 0 amide bonds. The second-order valence-corrected chi connectivity index (χ2v) is 12.3. The van der Waals surface area contributed by atoms with Gasteiger partial charge in [0.1, 0.15) is 11.3 Å². The monoisotopic (exact) mass is 552 g/mol. The molecule has 200 valence electrons. The van der Waals surface area contributed by atoms with Crippen molar-refractivity contribution in [3.63, 3.8) is 0 Å². The molecule has 2 fully saturated rings. The molecule has 3 aromatic rings. The van der Waals surface area contributed by atoms with E-state index in [1.807, 2.05) is 18.4 Å². The summed E-state index contributed by atoms with van der Waals surface area (Å²) in [5, 5.41) is 13.6. The van der Waals surface area contributed by atoms with E-state index in [4.69, 9.17) is 16.3 Å². The van der Waals surface area contributed by atoms with E-state index in [2.05, 4.69) is 20.3 Å². The summed E-state index contributed by atoms with van der Waals surface area (Å²) < 4.78 is 48.2. The lowest BCUT2D eigenvalue weighted by molar-refractivity contribution is -0.0136. The first-order valence-corrected chi connectivity index (χ1v) is 14.5. The van der Waals surface area contributed by atoms with Crippen LogP contribution in [0, 0.1) is 5.82 Å². The minimum absolute atomic E-state index is 0.0463. The van der Waals surface area contributed by atoms with Gasteiger partial charge in [-0.25, -0.2) is 32.1 Å². The second kappa shape index (κ2) is 10.1. The average Bonchev–Trinajstić information content (AvgIpc) is 3.47. The zero-order valence-electron chi connectivity index (χ0n) is 20.9. The zero-order valence-corrected chi connectivity index (χ0v) is 22.4. The molecule has 2 aliphatic heterocycles. The first-order chi connectivity index (χ1) is 17.5. The van der Waals surface area contributed by atoms with E-state index in [-0.39, 0.29) is 41.1 Å². The fourth-order valence-corrected chi connectivity index (χ4v) is 6.16. The Balaban J connectivity index is 1.54. The third kappa shape index (κ3) is 5.17. The van der Waals surface area contributed by atoms with E-state index in [1.165, 1.54) is 22.8 Å². The average molecular weight is 553 g/mol. The van der Waals surface area contributed by atoms with Crippen molar-refractivity contribution in [3.8, 4) is 11.3 Å².